The van der Waals surface area contributed by atoms with Gasteiger partial charge in [0.05, 0.1) is 12.1 Å². The van der Waals surface area contributed by atoms with E-state index in [4.69, 9.17) is 5.11 Å². The lowest BCUT2D eigenvalue weighted by atomic mass is 10.1. The molecule has 0 fully saturated rings. The van der Waals surface area contributed by atoms with Crippen molar-refractivity contribution in [3.63, 3.8) is 0 Å². The maximum absolute atomic E-state index is 12.1. The molecule has 1 heterocycles. The summed E-state index contributed by atoms with van der Waals surface area (Å²) in [4.78, 5) is 23.0. The molecule has 0 amide bonds. The van der Waals surface area contributed by atoms with E-state index in [-0.39, 0.29) is 17.3 Å². The van der Waals surface area contributed by atoms with Crippen LogP contribution in [0.15, 0.2) is 39.9 Å². The van der Waals surface area contributed by atoms with Crippen LogP contribution in [0.5, 0.6) is 0 Å². The molecule has 1 N–H and O–H groups in total. The average molecular weight is 339 g/mol. The van der Waals surface area contributed by atoms with Crippen molar-refractivity contribution >= 4 is 21.9 Å². The van der Waals surface area contributed by atoms with Crippen molar-refractivity contribution in [3.8, 4) is 0 Å². The molecule has 1 aromatic heterocycles. The molecule has 0 bridgehead atoms. The molecule has 2 aromatic rings. The fraction of sp³-hybridized carbons (Fsp3) is 0.286. The summed E-state index contributed by atoms with van der Waals surface area (Å²) in [7, 11) is 0. The highest BCUT2D eigenvalue weighted by Crippen LogP contribution is 2.19. The SMILES string of the molecule is CC(C)n1ccn(Cc2ccc(C(=O)O)cc2Br)c1=O. The van der Waals surface area contributed by atoms with Crippen molar-refractivity contribution in [1.82, 2.24) is 9.13 Å². The van der Waals surface area contributed by atoms with Crippen molar-refractivity contribution in [2.75, 3.05) is 0 Å². The van der Waals surface area contributed by atoms with Gasteiger partial charge in [0.25, 0.3) is 0 Å². The van der Waals surface area contributed by atoms with Gasteiger partial charge >= 0.3 is 11.7 Å². The van der Waals surface area contributed by atoms with E-state index in [1.165, 1.54) is 6.07 Å². The fourth-order valence-corrected chi connectivity index (χ4v) is 2.44. The first-order valence-electron chi connectivity index (χ1n) is 6.19. The highest BCUT2D eigenvalue weighted by atomic mass is 79.9. The van der Waals surface area contributed by atoms with Crippen LogP contribution in [-0.4, -0.2) is 20.2 Å². The van der Waals surface area contributed by atoms with Gasteiger partial charge in [0, 0.05) is 22.9 Å². The summed E-state index contributed by atoms with van der Waals surface area (Å²) in [5.41, 5.74) is 1.00. The lowest BCUT2D eigenvalue weighted by molar-refractivity contribution is 0.0697. The van der Waals surface area contributed by atoms with Crippen molar-refractivity contribution in [1.29, 1.82) is 0 Å². The summed E-state index contributed by atoms with van der Waals surface area (Å²) in [5.74, 6) is -0.972. The highest BCUT2D eigenvalue weighted by Gasteiger charge is 2.10. The zero-order valence-corrected chi connectivity index (χ0v) is 12.8. The minimum Gasteiger partial charge on any atom is -0.478 e. The Hall–Kier alpha value is -1.82. The maximum Gasteiger partial charge on any atom is 0.335 e. The molecule has 0 saturated heterocycles. The Balaban J connectivity index is 2.31. The molecule has 0 aliphatic carbocycles. The molecule has 106 valence electrons. The Bertz CT molecular complexity index is 701. The van der Waals surface area contributed by atoms with Crippen LogP contribution < -0.4 is 5.69 Å². The molecule has 0 spiro atoms. The van der Waals surface area contributed by atoms with Crippen LogP contribution in [0.2, 0.25) is 0 Å². The quantitative estimate of drug-likeness (QED) is 0.932. The van der Waals surface area contributed by atoms with Gasteiger partial charge in [-0.05, 0) is 31.5 Å². The van der Waals surface area contributed by atoms with E-state index in [1.54, 1.807) is 33.7 Å². The number of halogens is 1. The normalized spacial score (nSPS) is 11.0. The Morgan fingerprint density at radius 3 is 2.55 bits per heavy atom. The van der Waals surface area contributed by atoms with E-state index in [0.717, 1.165) is 5.56 Å². The van der Waals surface area contributed by atoms with Crippen molar-refractivity contribution in [2.24, 2.45) is 0 Å². The molecule has 0 atom stereocenters. The van der Waals surface area contributed by atoms with E-state index in [1.807, 2.05) is 13.8 Å². The molecule has 0 radical (unpaired) electrons. The molecule has 6 heteroatoms. The lowest BCUT2D eigenvalue weighted by Crippen LogP contribution is -2.25. The summed E-state index contributed by atoms with van der Waals surface area (Å²) in [6.07, 6.45) is 3.49. The third kappa shape index (κ3) is 2.85. The van der Waals surface area contributed by atoms with Gasteiger partial charge in [-0.15, -0.1) is 0 Å². The number of carboxylic acid groups (broad SMARTS) is 1. The van der Waals surface area contributed by atoms with Gasteiger partial charge in [-0.25, -0.2) is 9.59 Å². The number of hydrogen-bond acceptors (Lipinski definition) is 2. The van der Waals surface area contributed by atoms with Gasteiger partial charge in [-0.2, -0.15) is 0 Å². The number of nitrogens with zero attached hydrogens (tertiary/aromatic N) is 2. The summed E-state index contributed by atoms with van der Waals surface area (Å²) in [6, 6.07) is 4.91. The average Bonchev–Trinajstić information content (AvgIpc) is 2.73. The Labute approximate surface area is 124 Å². The molecule has 2 rings (SSSR count). The number of hydrogen-bond donors (Lipinski definition) is 1. The molecular weight excluding hydrogens is 324 g/mol. The first kappa shape index (κ1) is 14.6. The number of benzene rings is 1. The van der Waals surface area contributed by atoms with Gasteiger partial charge in [-0.1, -0.05) is 22.0 Å². The second kappa shape index (κ2) is 5.66. The smallest absolute Gasteiger partial charge is 0.335 e. The van der Waals surface area contributed by atoms with Crippen LogP contribution >= 0.6 is 15.9 Å². The first-order chi connectivity index (χ1) is 9.40. The van der Waals surface area contributed by atoms with Crippen LogP contribution in [0.3, 0.4) is 0 Å². The van der Waals surface area contributed by atoms with Gasteiger partial charge in [0.2, 0.25) is 0 Å². The summed E-state index contributed by atoms with van der Waals surface area (Å²) >= 11 is 3.35. The Kier molecular flexibility index (Phi) is 4.13. The number of aromatic carboxylic acids is 1. The third-order valence-corrected chi connectivity index (χ3v) is 3.81. The number of aromatic nitrogens is 2. The van der Waals surface area contributed by atoms with E-state index < -0.39 is 5.97 Å². The maximum atomic E-state index is 12.1. The molecule has 0 unspecified atom stereocenters. The molecule has 5 nitrogen and oxygen atoms in total. The number of carbonyl (C=O) groups is 1. The van der Waals surface area contributed by atoms with Gasteiger partial charge in [0.1, 0.15) is 0 Å². The van der Waals surface area contributed by atoms with Crippen molar-refractivity contribution < 1.29 is 9.90 Å². The number of carboxylic acids is 1. The second-order valence-electron chi connectivity index (χ2n) is 4.82. The molecule has 0 aliphatic rings. The molecule has 20 heavy (non-hydrogen) atoms. The zero-order valence-electron chi connectivity index (χ0n) is 11.2. The van der Waals surface area contributed by atoms with Gasteiger partial charge < -0.3 is 5.11 Å². The van der Waals surface area contributed by atoms with Crippen LogP contribution in [0, 0.1) is 0 Å². The molecule has 0 saturated carbocycles. The predicted molar refractivity (Wildman–Crippen MR) is 79.3 cm³/mol. The van der Waals surface area contributed by atoms with Crippen LogP contribution in [0.4, 0.5) is 0 Å². The highest BCUT2D eigenvalue weighted by molar-refractivity contribution is 9.10. The minimum absolute atomic E-state index is 0.0748. The molecule has 0 aliphatic heterocycles. The third-order valence-electron chi connectivity index (χ3n) is 3.07. The minimum atomic E-state index is -0.972. The number of imidazole rings is 1. The monoisotopic (exact) mass is 338 g/mol. The largest absolute Gasteiger partial charge is 0.478 e. The summed E-state index contributed by atoms with van der Waals surface area (Å²) in [5, 5.41) is 8.92. The van der Waals surface area contributed by atoms with Crippen LogP contribution in [0.1, 0.15) is 35.8 Å². The van der Waals surface area contributed by atoms with Gasteiger partial charge in [-0.3, -0.25) is 9.13 Å². The summed E-state index contributed by atoms with van der Waals surface area (Å²) < 4.78 is 3.93. The van der Waals surface area contributed by atoms with Crippen molar-refractivity contribution in [2.45, 2.75) is 26.4 Å². The first-order valence-corrected chi connectivity index (χ1v) is 6.98. The predicted octanol–water partition coefficient (Wildman–Crippen LogP) is 2.74. The fourth-order valence-electron chi connectivity index (χ4n) is 1.93. The summed E-state index contributed by atoms with van der Waals surface area (Å²) in [6.45, 7) is 4.30. The van der Waals surface area contributed by atoms with Crippen LogP contribution in [-0.2, 0) is 6.54 Å². The standard InChI is InChI=1S/C14H15BrN2O3/c1-9(2)17-6-5-16(14(17)20)8-11-4-3-10(13(18)19)7-12(11)15/h3-7,9H,8H2,1-2H3,(H,18,19). The van der Waals surface area contributed by atoms with E-state index >= 15 is 0 Å². The number of rotatable bonds is 4. The van der Waals surface area contributed by atoms with Gasteiger partial charge in [0.15, 0.2) is 0 Å². The topological polar surface area (TPSA) is 64.2 Å². The Morgan fingerprint density at radius 1 is 1.35 bits per heavy atom. The second-order valence-corrected chi connectivity index (χ2v) is 5.68. The van der Waals surface area contributed by atoms with Crippen molar-refractivity contribution in [3.05, 3.63) is 56.7 Å². The lowest BCUT2D eigenvalue weighted by Gasteiger charge is -2.07. The van der Waals surface area contributed by atoms with E-state index in [0.29, 0.717) is 11.0 Å². The molecule has 1 aromatic carbocycles. The Morgan fingerprint density at radius 2 is 2.05 bits per heavy atom. The zero-order chi connectivity index (χ0) is 14.9. The van der Waals surface area contributed by atoms with Crippen LogP contribution in [0.25, 0.3) is 0 Å². The molecular formula is C14H15BrN2O3. The van der Waals surface area contributed by atoms with E-state index in [9.17, 15) is 9.59 Å². The van der Waals surface area contributed by atoms with E-state index in [2.05, 4.69) is 15.9 Å².